The van der Waals surface area contributed by atoms with Crippen LogP contribution >= 0.6 is 11.6 Å². The molecule has 0 aliphatic carbocycles. The van der Waals surface area contributed by atoms with E-state index in [9.17, 15) is 9.50 Å². The minimum Gasteiger partial charge on any atom is -0.492 e. The Hall–Kier alpha value is -1.55. The van der Waals surface area contributed by atoms with Crippen molar-refractivity contribution >= 4 is 11.6 Å². The standard InChI is InChI=1S/C11H10ClFN2O/c1-15-6-11(16)14-10(15)4-7-2-3-8(13)5-9(7)12/h2-3,5-6,16H,4H2,1H3. The molecular formula is C11H10ClFN2O. The molecule has 0 spiro atoms. The Labute approximate surface area is 97.1 Å². The van der Waals surface area contributed by atoms with E-state index in [1.54, 1.807) is 17.7 Å². The lowest BCUT2D eigenvalue weighted by Gasteiger charge is -2.04. The van der Waals surface area contributed by atoms with Crippen molar-refractivity contribution in [1.82, 2.24) is 9.55 Å². The van der Waals surface area contributed by atoms with E-state index in [0.717, 1.165) is 5.56 Å². The van der Waals surface area contributed by atoms with Crippen LogP contribution in [0.3, 0.4) is 0 Å². The first kappa shape index (κ1) is 11.0. The number of aryl methyl sites for hydroxylation is 1. The molecule has 2 aromatic rings. The van der Waals surface area contributed by atoms with E-state index >= 15 is 0 Å². The molecule has 0 bridgehead atoms. The van der Waals surface area contributed by atoms with Crippen molar-refractivity contribution < 1.29 is 9.50 Å². The summed E-state index contributed by atoms with van der Waals surface area (Å²) < 4.78 is 14.5. The van der Waals surface area contributed by atoms with Gasteiger partial charge in [0.1, 0.15) is 11.6 Å². The molecule has 0 aliphatic heterocycles. The third kappa shape index (κ3) is 2.17. The lowest BCUT2D eigenvalue weighted by Crippen LogP contribution is -1.99. The average molecular weight is 241 g/mol. The highest BCUT2D eigenvalue weighted by Gasteiger charge is 2.08. The zero-order chi connectivity index (χ0) is 11.7. The monoisotopic (exact) mass is 240 g/mol. The third-order valence-corrected chi connectivity index (χ3v) is 2.68. The van der Waals surface area contributed by atoms with E-state index in [2.05, 4.69) is 4.98 Å². The maximum atomic E-state index is 12.8. The zero-order valence-corrected chi connectivity index (χ0v) is 9.37. The second kappa shape index (κ2) is 4.14. The summed E-state index contributed by atoms with van der Waals surface area (Å²) in [6, 6.07) is 4.23. The summed E-state index contributed by atoms with van der Waals surface area (Å²) in [4.78, 5) is 3.94. The van der Waals surface area contributed by atoms with E-state index in [1.807, 2.05) is 0 Å². The quantitative estimate of drug-likeness (QED) is 0.876. The number of halogens is 2. The molecule has 2 rings (SSSR count). The van der Waals surface area contributed by atoms with Crippen LogP contribution in [0.4, 0.5) is 4.39 Å². The van der Waals surface area contributed by atoms with Gasteiger partial charge in [-0.25, -0.2) is 4.39 Å². The van der Waals surface area contributed by atoms with E-state index in [1.165, 1.54) is 18.3 Å². The summed E-state index contributed by atoms with van der Waals surface area (Å²) in [5.41, 5.74) is 0.775. The van der Waals surface area contributed by atoms with Gasteiger partial charge in [0.15, 0.2) is 0 Å². The van der Waals surface area contributed by atoms with Gasteiger partial charge in [-0.3, -0.25) is 0 Å². The molecule has 3 nitrogen and oxygen atoms in total. The zero-order valence-electron chi connectivity index (χ0n) is 8.61. The van der Waals surface area contributed by atoms with Crippen LogP contribution in [-0.4, -0.2) is 14.7 Å². The van der Waals surface area contributed by atoms with Crippen LogP contribution in [0.25, 0.3) is 0 Å². The molecule has 0 fully saturated rings. The molecule has 0 saturated carbocycles. The van der Waals surface area contributed by atoms with E-state index in [4.69, 9.17) is 11.6 Å². The van der Waals surface area contributed by atoms with Gasteiger partial charge >= 0.3 is 0 Å². The van der Waals surface area contributed by atoms with Gasteiger partial charge in [-0.2, -0.15) is 4.98 Å². The summed E-state index contributed by atoms with van der Waals surface area (Å²) in [6.07, 6.45) is 1.96. The van der Waals surface area contributed by atoms with Crippen LogP contribution in [0.1, 0.15) is 11.4 Å². The second-order valence-corrected chi connectivity index (χ2v) is 3.95. The predicted octanol–water partition coefficient (Wildman–Crippen LogP) is 2.51. The fourth-order valence-corrected chi connectivity index (χ4v) is 1.72. The molecule has 1 heterocycles. The van der Waals surface area contributed by atoms with Crippen LogP contribution in [-0.2, 0) is 13.5 Å². The lowest BCUT2D eigenvalue weighted by molar-refractivity contribution is 0.455. The van der Waals surface area contributed by atoms with Gasteiger partial charge in [0.05, 0.1) is 6.20 Å². The Balaban J connectivity index is 2.30. The first-order valence-electron chi connectivity index (χ1n) is 4.71. The first-order valence-corrected chi connectivity index (χ1v) is 5.09. The molecule has 0 unspecified atom stereocenters. The number of aromatic nitrogens is 2. The van der Waals surface area contributed by atoms with Crippen molar-refractivity contribution in [2.24, 2.45) is 7.05 Å². The van der Waals surface area contributed by atoms with Crippen LogP contribution in [0.2, 0.25) is 5.02 Å². The molecule has 0 saturated heterocycles. The van der Waals surface area contributed by atoms with E-state index in [-0.39, 0.29) is 11.7 Å². The number of imidazole rings is 1. The van der Waals surface area contributed by atoms with Gasteiger partial charge in [-0.1, -0.05) is 17.7 Å². The van der Waals surface area contributed by atoms with Gasteiger partial charge in [0, 0.05) is 18.5 Å². The first-order chi connectivity index (χ1) is 7.56. The molecule has 1 aromatic heterocycles. The number of hydrogen-bond donors (Lipinski definition) is 1. The molecule has 0 atom stereocenters. The van der Waals surface area contributed by atoms with Crippen LogP contribution in [0.15, 0.2) is 24.4 Å². The Morgan fingerprint density at radius 2 is 2.25 bits per heavy atom. The van der Waals surface area contributed by atoms with Crippen molar-refractivity contribution in [2.45, 2.75) is 6.42 Å². The molecule has 0 amide bonds. The Morgan fingerprint density at radius 1 is 1.50 bits per heavy atom. The third-order valence-electron chi connectivity index (χ3n) is 2.32. The van der Waals surface area contributed by atoms with Gasteiger partial charge in [-0.05, 0) is 17.7 Å². The Morgan fingerprint density at radius 3 is 2.81 bits per heavy atom. The normalized spacial score (nSPS) is 10.7. The van der Waals surface area contributed by atoms with Gasteiger partial charge in [0.2, 0.25) is 5.88 Å². The summed E-state index contributed by atoms with van der Waals surface area (Å²) >= 11 is 5.90. The Bertz CT molecular complexity index is 525. The number of rotatable bonds is 2. The highest BCUT2D eigenvalue weighted by Crippen LogP contribution is 2.20. The minimum absolute atomic E-state index is 0.0317. The van der Waals surface area contributed by atoms with Gasteiger partial charge in [-0.15, -0.1) is 0 Å². The molecule has 1 aromatic carbocycles. The highest BCUT2D eigenvalue weighted by molar-refractivity contribution is 6.31. The summed E-state index contributed by atoms with van der Waals surface area (Å²) in [6.45, 7) is 0. The van der Waals surface area contributed by atoms with Crippen molar-refractivity contribution in [2.75, 3.05) is 0 Å². The van der Waals surface area contributed by atoms with Crippen LogP contribution < -0.4 is 0 Å². The summed E-state index contributed by atoms with van der Waals surface area (Å²) in [5.74, 6) is 0.276. The number of nitrogens with zero attached hydrogens (tertiary/aromatic N) is 2. The maximum Gasteiger partial charge on any atom is 0.229 e. The van der Waals surface area contributed by atoms with Crippen molar-refractivity contribution in [3.63, 3.8) is 0 Å². The summed E-state index contributed by atoms with van der Waals surface area (Å²) in [5, 5.41) is 9.56. The smallest absolute Gasteiger partial charge is 0.229 e. The van der Waals surface area contributed by atoms with Gasteiger partial charge in [0.25, 0.3) is 0 Å². The van der Waals surface area contributed by atoms with Crippen molar-refractivity contribution in [3.05, 3.63) is 46.6 Å². The van der Waals surface area contributed by atoms with Crippen molar-refractivity contribution in [3.8, 4) is 5.88 Å². The van der Waals surface area contributed by atoms with Crippen LogP contribution in [0, 0.1) is 5.82 Å². The molecular weight excluding hydrogens is 231 g/mol. The van der Waals surface area contributed by atoms with Crippen LogP contribution in [0.5, 0.6) is 5.88 Å². The molecule has 5 heteroatoms. The molecule has 1 N–H and O–H groups in total. The van der Waals surface area contributed by atoms with E-state index < -0.39 is 0 Å². The molecule has 0 radical (unpaired) electrons. The maximum absolute atomic E-state index is 12.8. The minimum atomic E-state index is -0.364. The topological polar surface area (TPSA) is 38.0 Å². The lowest BCUT2D eigenvalue weighted by atomic mass is 10.1. The van der Waals surface area contributed by atoms with Gasteiger partial charge < -0.3 is 9.67 Å². The predicted molar refractivity (Wildman–Crippen MR) is 59.1 cm³/mol. The summed E-state index contributed by atoms with van der Waals surface area (Å²) in [7, 11) is 1.78. The largest absolute Gasteiger partial charge is 0.492 e. The fourth-order valence-electron chi connectivity index (χ4n) is 1.49. The molecule has 84 valence electrons. The number of aromatic hydroxyl groups is 1. The van der Waals surface area contributed by atoms with E-state index in [0.29, 0.717) is 17.3 Å². The molecule has 0 aliphatic rings. The molecule has 16 heavy (non-hydrogen) atoms. The van der Waals surface area contributed by atoms with Crippen molar-refractivity contribution in [1.29, 1.82) is 0 Å². The second-order valence-electron chi connectivity index (χ2n) is 3.54. The highest BCUT2D eigenvalue weighted by atomic mass is 35.5. The fraction of sp³-hybridized carbons (Fsp3) is 0.182. The Kier molecular flexibility index (Phi) is 2.83. The number of hydrogen-bond acceptors (Lipinski definition) is 2. The number of benzene rings is 1. The average Bonchev–Trinajstić information content (AvgIpc) is 2.50. The SMILES string of the molecule is Cn1cc(O)nc1Cc1ccc(F)cc1Cl.